The number of thiocarbonyl (C=S) groups is 1. The van der Waals surface area contributed by atoms with Gasteiger partial charge in [0.2, 0.25) is 0 Å². The summed E-state index contributed by atoms with van der Waals surface area (Å²) >= 11 is 8.22. The summed E-state index contributed by atoms with van der Waals surface area (Å²) in [5, 5.41) is 0. The molecule has 4 heteroatoms. The van der Waals surface area contributed by atoms with Gasteiger partial charge in [0, 0.05) is 4.47 Å². The predicted octanol–water partition coefficient (Wildman–Crippen LogP) is 2.81. The molecule has 14 heavy (non-hydrogen) atoms. The highest BCUT2D eigenvalue weighted by Crippen LogP contribution is 2.23. The van der Waals surface area contributed by atoms with Gasteiger partial charge in [0.25, 0.3) is 0 Å². The molecule has 0 heterocycles. The molecule has 0 fully saturated rings. The third kappa shape index (κ3) is 2.96. The molecule has 0 bridgehead atoms. The van der Waals surface area contributed by atoms with Gasteiger partial charge in [-0.15, -0.1) is 0 Å². The van der Waals surface area contributed by atoms with Crippen LogP contribution < -0.4 is 10.5 Å². The summed E-state index contributed by atoms with van der Waals surface area (Å²) < 4.78 is 6.61. The molecule has 0 aliphatic rings. The van der Waals surface area contributed by atoms with Crippen LogP contribution in [0.2, 0.25) is 0 Å². The summed E-state index contributed by atoms with van der Waals surface area (Å²) in [5.74, 6) is 0.813. The molecule has 0 aliphatic carbocycles. The predicted molar refractivity (Wildman–Crippen MR) is 65.8 cm³/mol. The Labute approximate surface area is 97.6 Å². The van der Waals surface area contributed by atoms with Crippen molar-refractivity contribution in [3.63, 3.8) is 0 Å². The second-order valence-electron chi connectivity index (χ2n) is 3.07. The first-order chi connectivity index (χ1) is 6.50. The highest BCUT2D eigenvalue weighted by Gasteiger charge is 2.08. The molecule has 0 aromatic heterocycles. The number of nitrogens with two attached hydrogens (primary N) is 1. The lowest BCUT2D eigenvalue weighted by Gasteiger charge is -2.14. The summed E-state index contributed by atoms with van der Waals surface area (Å²) in [6.45, 7) is 3.82. The number of hydrogen-bond donors (Lipinski definition) is 1. The molecule has 1 atom stereocenters. The molecule has 1 aromatic rings. The van der Waals surface area contributed by atoms with Crippen molar-refractivity contribution in [1.29, 1.82) is 0 Å². The molecule has 2 N–H and O–H groups in total. The van der Waals surface area contributed by atoms with Crippen LogP contribution in [0.25, 0.3) is 0 Å². The van der Waals surface area contributed by atoms with E-state index in [1.54, 1.807) is 0 Å². The Bertz CT molecular complexity index is 354. The molecule has 2 nitrogen and oxygen atoms in total. The molecule has 0 spiro atoms. The Balaban J connectivity index is 2.82. The molecule has 1 aromatic carbocycles. The Hall–Kier alpha value is -0.610. The van der Waals surface area contributed by atoms with Gasteiger partial charge in [0.15, 0.2) is 0 Å². The van der Waals surface area contributed by atoms with E-state index in [0.717, 1.165) is 15.8 Å². The Kier molecular flexibility index (Phi) is 3.89. The lowest BCUT2D eigenvalue weighted by molar-refractivity contribution is 0.286. The highest BCUT2D eigenvalue weighted by molar-refractivity contribution is 9.10. The molecule has 0 saturated heterocycles. The third-order valence-electron chi connectivity index (χ3n) is 1.84. The van der Waals surface area contributed by atoms with E-state index in [-0.39, 0.29) is 6.10 Å². The Morgan fingerprint density at radius 1 is 1.57 bits per heavy atom. The minimum absolute atomic E-state index is 0.232. The molecular formula is C10H12BrNOS. The number of aryl methyl sites for hydroxylation is 1. The summed E-state index contributed by atoms with van der Waals surface area (Å²) in [6.07, 6.45) is -0.232. The van der Waals surface area contributed by atoms with Gasteiger partial charge < -0.3 is 10.5 Å². The van der Waals surface area contributed by atoms with Gasteiger partial charge in [0.05, 0.1) is 0 Å². The summed E-state index contributed by atoms with van der Waals surface area (Å²) in [4.78, 5) is 0.368. The summed E-state index contributed by atoms with van der Waals surface area (Å²) in [7, 11) is 0. The van der Waals surface area contributed by atoms with Gasteiger partial charge >= 0.3 is 0 Å². The van der Waals surface area contributed by atoms with Crippen LogP contribution >= 0.6 is 28.1 Å². The normalized spacial score (nSPS) is 12.2. The molecular weight excluding hydrogens is 262 g/mol. The smallest absolute Gasteiger partial charge is 0.145 e. The average molecular weight is 274 g/mol. The zero-order chi connectivity index (χ0) is 10.7. The third-order valence-corrected chi connectivity index (χ3v) is 2.67. The maximum Gasteiger partial charge on any atom is 0.145 e. The zero-order valence-electron chi connectivity index (χ0n) is 8.08. The van der Waals surface area contributed by atoms with Crippen LogP contribution in [0.3, 0.4) is 0 Å². The van der Waals surface area contributed by atoms with Crippen LogP contribution in [-0.4, -0.2) is 11.1 Å². The number of ether oxygens (including phenoxy) is 1. The van der Waals surface area contributed by atoms with Crippen molar-refractivity contribution in [2.45, 2.75) is 20.0 Å². The second kappa shape index (κ2) is 4.75. The monoisotopic (exact) mass is 273 g/mol. The highest BCUT2D eigenvalue weighted by atomic mass is 79.9. The number of rotatable bonds is 3. The van der Waals surface area contributed by atoms with E-state index in [1.807, 2.05) is 32.0 Å². The topological polar surface area (TPSA) is 35.2 Å². The first-order valence-corrected chi connectivity index (χ1v) is 5.43. The van der Waals surface area contributed by atoms with Crippen molar-refractivity contribution in [2.24, 2.45) is 5.73 Å². The largest absolute Gasteiger partial charge is 0.483 e. The SMILES string of the molecule is Cc1cc(Br)ccc1OC(C)C(N)=S. The fourth-order valence-corrected chi connectivity index (χ4v) is 1.52. The lowest BCUT2D eigenvalue weighted by Crippen LogP contribution is -2.29. The fourth-order valence-electron chi connectivity index (χ4n) is 0.994. The van der Waals surface area contributed by atoms with Gasteiger partial charge in [0.1, 0.15) is 16.8 Å². The molecule has 0 radical (unpaired) electrons. The van der Waals surface area contributed by atoms with Crippen LogP contribution in [-0.2, 0) is 0 Å². The van der Waals surface area contributed by atoms with Crippen LogP contribution in [0, 0.1) is 6.92 Å². The molecule has 0 saturated carbocycles. The first kappa shape index (κ1) is 11.5. The molecule has 1 rings (SSSR count). The van der Waals surface area contributed by atoms with Crippen LogP contribution in [0.4, 0.5) is 0 Å². The van der Waals surface area contributed by atoms with Crippen LogP contribution in [0.15, 0.2) is 22.7 Å². The van der Waals surface area contributed by atoms with E-state index >= 15 is 0 Å². The standard InChI is InChI=1S/C10H12BrNOS/c1-6-5-8(11)3-4-9(6)13-7(2)10(12)14/h3-5,7H,1-2H3,(H2,12,14). The van der Waals surface area contributed by atoms with E-state index in [0.29, 0.717) is 4.99 Å². The lowest BCUT2D eigenvalue weighted by atomic mass is 10.2. The van der Waals surface area contributed by atoms with Crippen molar-refractivity contribution in [3.8, 4) is 5.75 Å². The van der Waals surface area contributed by atoms with Crippen molar-refractivity contribution in [1.82, 2.24) is 0 Å². The quantitative estimate of drug-likeness (QED) is 0.861. The zero-order valence-corrected chi connectivity index (χ0v) is 10.5. The van der Waals surface area contributed by atoms with Crippen molar-refractivity contribution < 1.29 is 4.74 Å². The number of hydrogen-bond acceptors (Lipinski definition) is 2. The van der Waals surface area contributed by atoms with Crippen molar-refractivity contribution in [2.75, 3.05) is 0 Å². The maximum absolute atomic E-state index is 5.57. The molecule has 0 aliphatic heterocycles. The van der Waals surface area contributed by atoms with Crippen molar-refractivity contribution in [3.05, 3.63) is 28.2 Å². The number of benzene rings is 1. The summed E-state index contributed by atoms with van der Waals surface area (Å²) in [5.41, 5.74) is 6.52. The Morgan fingerprint density at radius 2 is 2.21 bits per heavy atom. The van der Waals surface area contributed by atoms with Gasteiger partial charge in [-0.05, 0) is 37.6 Å². The van der Waals surface area contributed by atoms with E-state index in [2.05, 4.69) is 15.9 Å². The first-order valence-electron chi connectivity index (χ1n) is 4.23. The van der Waals surface area contributed by atoms with Gasteiger partial charge in [-0.2, -0.15) is 0 Å². The second-order valence-corrected chi connectivity index (χ2v) is 4.46. The Morgan fingerprint density at radius 3 is 2.71 bits per heavy atom. The van der Waals surface area contributed by atoms with E-state index in [1.165, 1.54) is 0 Å². The average Bonchev–Trinajstić information content (AvgIpc) is 2.09. The van der Waals surface area contributed by atoms with E-state index in [4.69, 9.17) is 22.7 Å². The fraction of sp³-hybridized carbons (Fsp3) is 0.300. The maximum atomic E-state index is 5.57. The number of halogens is 1. The van der Waals surface area contributed by atoms with Crippen LogP contribution in [0.1, 0.15) is 12.5 Å². The molecule has 0 amide bonds. The van der Waals surface area contributed by atoms with Crippen LogP contribution in [0.5, 0.6) is 5.75 Å². The summed E-state index contributed by atoms with van der Waals surface area (Å²) in [6, 6.07) is 5.81. The van der Waals surface area contributed by atoms with Gasteiger partial charge in [-0.25, -0.2) is 0 Å². The molecule has 1 unspecified atom stereocenters. The van der Waals surface area contributed by atoms with E-state index < -0.39 is 0 Å². The van der Waals surface area contributed by atoms with Crippen molar-refractivity contribution >= 4 is 33.1 Å². The van der Waals surface area contributed by atoms with E-state index in [9.17, 15) is 0 Å². The minimum Gasteiger partial charge on any atom is -0.483 e. The van der Waals surface area contributed by atoms with Gasteiger partial charge in [-0.1, -0.05) is 28.1 Å². The van der Waals surface area contributed by atoms with Gasteiger partial charge in [-0.3, -0.25) is 0 Å². The minimum atomic E-state index is -0.232. The molecule has 76 valence electrons.